The van der Waals surface area contributed by atoms with E-state index in [0.717, 1.165) is 0 Å². The van der Waals surface area contributed by atoms with Gasteiger partial charge < -0.3 is 14.6 Å². The van der Waals surface area contributed by atoms with Gasteiger partial charge in [0.15, 0.2) is 5.69 Å². The second-order valence-corrected chi connectivity index (χ2v) is 4.58. The number of nitrogens with zero attached hydrogens (tertiary/aromatic N) is 2. The zero-order chi connectivity index (χ0) is 14.0. The lowest BCUT2D eigenvalue weighted by Gasteiger charge is -2.12. The summed E-state index contributed by atoms with van der Waals surface area (Å²) in [4.78, 5) is 32.3. The molecule has 2 rings (SSSR count). The Morgan fingerprint density at radius 3 is 3.05 bits per heavy atom. The van der Waals surface area contributed by atoms with E-state index >= 15 is 0 Å². The van der Waals surface area contributed by atoms with Gasteiger partial charge >= 0.3 is 5.97 Å². The Labute approximate surface area is 111 Å². The van der Waals surface area contributed by atoms with E-state index in [1.165, 1.54) is 7.11 Å². The Balaban J connectivity index is 2.18. The first-order valence-electron chi connectivity index (χ1n) is 6.10. The molecule has 1 N–H and O–H groups in total. The molecule has 0 aromatic carbocycles. The number of methoxy groups -OCH3 is 1. The second kappa shape index (κ2) is 5.26. The fraction of sp³-hybridized carbons (Fsp3) is 0.462. The molecule has 1 atom stereocenters. The number of aromatic amines is 1. The van der Waals surface area contributed by atoms with E-state index < -0.39 is 5.97 Å². The summed E-state index contributed by atoms with van der Waals surface area (Å²) in [6.07, 6.45) is 2.11. The van der Waals surface area contributed by atoms with Gasteiger partial charge in [0.05, 0.1) is 7.11 Å². The van der Waals surface area contributed by atoms with Crippen LogP contribution in [0.1, 0.15) is 34.3 Å². The molecule has 6 heteroatoms. The van der Waals surface area contributed by atoms with Crippen molar-refractivity contribution in [2.45, 2.75) is 19.3 Å². The molecule has 6 nitrogen and oxygen atoms in total. The van der Waals surface area contributed by atoms with Crippen molar-refractivity contribution in [3.63, 3.8) is 0 Å². The van der Waals surface area contributed by atoms with Gasteiger partial charge in [-0.3, -0.25) is 4.79 Å². The van der Waals surface area contributed by atoms with Crippen LogP contribution in [0.25, 0.3) is 0 Å². The standard InChI is InChI=1S/C13H17N3O3/c1-4-5-16-7-9(6-10(16)17)12-14-8(2)11(15-12)13(18)19-3/h4,9H,1,5-7H2,2-3H3,(H,14,15). The molecule has 1 aliphatic rings. The molecule has 1 amide bonds. The van der Waals surface area contributed by atoms with Crippen LogP contribution in [0.3, 0.4) is 0 Å². The topological polar surface area (TPSA) is 75.3 Å². The second-order valence-electron chi connectivity index (χ2n) is 4.58. The number of H-pyrrole nitrogens is 1. The Bertz CT molecular complexity index is 521. The van der Waals surface area contributed by atoms with Gasteiger partial charge in [-0.15, -0.1) is 6.58 Å². The Kier molecular flexibility index (Phi) is 3.69. The molecular weight excluding hydrogens is 246 g/mol. The number of esters is 1. The van der Waals surface area contributed by atoms with E-state index in [1.807, 2.05) is 0 Å². The first-order chi connectivity index (χ1) is 9.06. The monoisotopic (exact) mass is 263 g/mol. The molecule has 1 aromatic heterocycles. The van der Waals surface area contributed by atoms with E-state index in [4.69, 9.17) is 0 Å². The fourth-order valence-corrected chi connectivity index (χ4v) is 2.26. The summed E-state index contributed by atoms with van der Waals surface area (Å²) in [6, 6.07) is 0. The number of rotatable bonds is 4. The molecule has 2 heterocycles. The van der Waals surface area contributed by atoms with Gasteiger partial charge in [0.25, 0.3) is 0 Å². The Morgan fingerprint density at radius 1 is 1.68 bits per heavy atom. The third-order valence-electron chi connectivity index (χ3n) is 3.23. The molecule has 19 heavy (non-hydrogen) atoms. The first-order valence-corrected chi connectivity index (χ1v) is 6.10. The number of aryl methyl sites for hydroxylation is 1. The van der Waals surface area contributed by atoms with Gasteiger partial charge in [0, 0.05) is 31.1 Å². The highest BCUT2D eigenvalue weighted by Gasteiger charge is 2.32. The number of likely N-dealkylation sites (tertiary alicyclic amines) is 1. The van der Waals surface area contributed by atoms with Crippen molar-refractivity contribution < 1.29 is 14.3 Å². The fourth-order valence-electron chi connectivity index (χ4n) is 2.26. The number of aromatic nitrogens is 2. The zero-order valence-corrected chi connectivity index (χ0v) is 11.1. The van der Waals surface area contributed by atoms with Gasteiger partial charge in [-0.2, -0.15) is 0 Å². The van der Waals surface area contributed by atoms with Crippen LogP contribution in [0, 0.1) is 6.92 Å². The summed E-state index contributed by atoms with van der Waals surface area (Å²) in [5.74, 6) is 0.271. The van der Waals surface area contributed by atoms with E-state index in [9.17, 15) is 9.59 Å². The molecule has 0 saturated carbocycles. The average Bonchev–Trinajstić information content (AvgIpc) is 2.93. The van der Waals surface area contributed by atoms with E-state index in [2.05, 4.69) is 21.3 Å². The molecule has 1 unspecified atom stereocenters. The van der Waals surface area contributed by atoms with Crippen LogP contribution in [0.2, 0.25) is 0 Å². The maximum atomic E-state index is 11.8. The summed E-state index contributed by atoms with van der Waals surface area (Å²) in [7, 11) is 1.32. The average molecular weight is 263 g/mol. The molecule has 1 fully saturated rings. The molecule has 102 valence electrons. The highest BCUT2D eigenvalue weighted by molar-refractivity contribution is 5.88. The maximum absolute atomic E-state index is 11.8. The third-order valence-corrected chi connectivity index (χ3v) is 3.23. The molecule has 0 radical (unpaired) electrons. The Hall–Kier alpha value is -2.11. The molecule has 1 aliphatic heterocycles. The van der Waals surface area contributed by atoms with Crippen LogP contribution in [0.5, 0.6) is 0 Å². The van der Waals surface area contributed by atoms with Crippen molar-refractivity contribution in [2.75, 3.05) is 20.2 Å². The van der Waals surface area contributed by atoms with Gasteiger partial charge in [0.1, 0.15) is 5.82 Å². The summed E-state index contributed by atoms with van der Waals surface area (Å²) < 4.78 is 4.66. The van der Waals surface area contributed by atoms with E-state index in [1.54, 1.807) is 17.9 Å². The molecular formula is C13H17N3O3. The van der Waals surface area contributed by atoms with Crippen LogP contribution < -0.4 is 0 Å². The van der Waals surface area contributed by atoms with E-state index in [-0.39, 0.29) is 17.5 Å². The number of hydrogen-bond donors (Lipinski definition) is 1. The Morgan fingerprint density at radius 2 is 2.42 bits per heavy atom. The van der Waals surface area contributed by atoms with Gasteiger partial charge in [-0.25, -0.2) is 9.78 Å². The third kappa shape index (κ3) is 2.52. The van der Waals surface area contributed by atoms with Gasteiger partial charge in [-0.1, -0.05) is 6.08 Å². The predicted molar refractivity (Wildman–Crippen MR) is 68.8 cm³/mol. The first kappa shape index (κ1) is 13.3. The van der Waals surface area contributed by atoms with Crippen LogP contribution in [0.15, 0.2) is 12.7 Å². The number of ether oxygens (including phenoxy) is 1. The van der Waals surface area contributed by atoms with Crippen molar-refractivity contribution in [3.8, 4) is 0 Å². The molecule has 0 spiro atoms. The van der Waals surface area contributed by atoms with Crippen LogP contribution in [0.4, 0.5) is 0 Å². The summed E-state index contributed by atoms with van der Waals surface area (Å²) in [5, 5.41) is 0. The lowest BCUT2D eigenvalue weighted by molar-refractivity contribution is -0.127. The lowest BCUT2D eigenvalue weighted by atomic mass is 10.1. The van der Waals surface area contributed by atoms with Crippen molar-refractivity contribution in [3.05, 3.63) is 29.9 Å². The summed E-state index contributed by atoms with van der Waals surface area (Å²) in [6.45, 7) is 6.53. The number of carbonyl (C=O) groups excluding carboxylic acids is 2. The summed E-state index contributed by atoms with van der Waals surface area (Å²) in [5.41, 5.74) is 0.948. The largest absolute Gasteiger partial charge is 0.464 e. The van der Waals surface area contributed by atoms with Crippen LogP contribution in [-0.2, 0) is 9.53 Å². The van der Waals surface area contributed by atoms with Gasteiger partial charge in [-0.05, 0) is 6.92 Å². The number of amides is 1. The number of nitrogens with one attached hydrogen (secondary N) is 1. The number of carbonyl (C=O) groups is 2. The van der Waals surface area contributed by atoms with Crippen molar-refractivity contribution in [1.82, 2.24) is 14.9 Å². The number of imidazole rings is 1. The van der Waals surface area contributed by atoms with Crippen LogP contribution >= 0.6 is 0 Å². The minimum Gasteiger partial charge on any atom is -0.464 e. The van der Waals surface area contributed by atoms with Crippen molar-refractivity contribution >= 4 is 11.9 Å². The lowest BCUT2D eigenvalue weighted by Crippen LogP contribution is -2.24. The minimum atomic E-state index is -0.465. The van der Waals surface area contributed by atoms with E-state index in [0.29, 0.717) is 31.0 Å². The molecule has 1 saturated heterocycles. The van der Waals surface area contributed by atoms with Gasteiger partial charge in [0.2, 0.25) is 5.91 Å². The predicted octanol–water partition coefficient (Wildman–Crippen LogP) is 1.01. The molecule has 0 bridgehead atoms. The quantitative estimate of drug-likeness (QED) is 0.649. The maximum Gasteiger partial charge on any atom is 0.358 e. The number of hydrogen-bond acceptors (Lipinski definition) is 4. The highest BCUT2D eigenvalue weighted by Crippen LogP contribution is 2.26. The van der Waals surface area contributed by atoms with Crippen molar-refractivity contribution in [1.29, 1.82) is 0 Å². The molecule has 0 aliphatic carbocycles. The SMILES string of the molecule is C=CCN1CC(c2nc(C(=O)OC)c(C)[nH]2)CC1=O. The zero-order valence-electron chi connectivity index (χ0n) is 11.1. The van der Waals surface area contributed by atoms with Crippen LogP contribution in [-0.4, -0.2) is 46.9 Å². The minimum absolute atomic E-state index is 0.00967. The molecule has 1 aromatic rings. The highest BCUT2D eigenvalue weighted by atomic mass is 16.5. The smallest absolute Gasteiger partial charge is 0.358 e. The summed E-state index contributed by atoms with van der Waals surface area (Å²) >= 11 is 0. The van der Waals surface area contributed by atoms with Crippen molar-refractivity contribution in [2.24, 2.45) is 0 Å². The normalized spacial score (nSPS) is 18.7.